The molecule has 1 rings (SSSR count). The summed E-state index contributed by atoms with van der Waals surface area (Å²) in [6.07, 6.45) is 3.89. The van der Waals surface area contributed by atoms with Crippen LogP contribution in [-0.2, 0) is 0 Å². The first-order chi connectivity index (χ1) is 6.53. The predicted octanol–water partition coefficient (Wildman–Crippen LogP) is -0.702. The maximum Gasteiger partial charge on any atom is 1.00 e. The van der Waals surface area contributed by atoms with Crippen LogP contribution in [0.1, 0.15) is 15.9 Å². The van der Waals surface area contributed by atoms with Crippen molar-refractivity contribution in [1.82, 2.24) is 4.98 Å². The zero-order valence-electron chi connectivity index (χ0n) is 8.03. The smallest absolute Gasteiger partial charge is 0.445 e. The van der Waals surface area contributed by atoms with Gasteiger partial charge in [0.05, 0.1) is 0 Å². The van der Waals surface area contributed by atoms with Gasteiger partial charge in [-0.1, -0.05) is 6.08 Å². The number of pyridine rings is 1. The number of hydrogen-bond acceptors (Lipinski definition) is 2. The molecule has 0 spiro atoms. The molecule has 0 amide bonds. The van der Waals surface area contributed by atoms with Gasteiger partial charge < -0.3 is 12.9 Å². The molecule has 0 aliphatic rings. The third-order valence-corrected chi connectivity index (χ3v) is 1.51. The van der Waals surface area contributed by atoms with Crippen molar-refractivity contribution >= 4 is 19.3 Å². The molecule has 0 aliphatic carbocycles. The van der Waals surface area contributed by atoms with E-state index in [0.29, 0.717) is 6.29 Å². The van der Waals surface area contributed by atoms with Crippen molar-refractivity contribution in [3.05, 3.63) is 35.6 Å². The summed E-state index contributed by atoms with van der Waals surface area (Å²) in [6, 6.07) is 1.36. The van der Waals surface area contributed by atoms with Gasteiger partial charge in [0.25, 0.3) is 0 Å². The van der Waals surface area contributed by atoms with Crippen molar-refractivity contribution in [1.29, 1.82) is 0 Å². The molecule has 0 atom stereocenters. The fraction of sp³-hybridized carbons (Fsp3) is 0. The molecule has 1 heterocycles. The van der Waals surface area contributed by atoms with Crippen molar-refractivity contribution in [2.75, 3.05) is 0 Å². The van der Waals surface area contributed by atoms with Gasteiger partial charge >= 0.3 is 58.4 Å². The summed E-state index contributed by atoms with van der Waals surface area (Å²) in [4.78, 5) is 14.0. The second kappa shape index (κ2) is 6.59. The van der Waals surface area contributed by atoms with E-state index in [9.17, 15) is 17.7 Å². The zero-order chi connectivity index (χ0) is 10.6. The van der Waals surface area contributed by atoms with E-state index in [0.717, 1.165) is 6.08 Å². The van der Waals surface area contributed by atoms with Gasteiger partial charge in [-0.15, -0.1) is 5.98 Å². The molecule has 0 radical (unpaired) electrons. The second-order valence-electron chi connectivity index (χ2n) is 2.61. The van der Waals surface area contributed by atoms with Crippen molar-refractivity contribution in [3.8, 4) is 0 Å². The molecular formula is C8H6BF3KNO. The Labute approximate surface area is 127 Å². The number of aromatic nitrogens is 1. The molecule has 0 fully saturated rings. The molecule has 0 N–H and O–H groups in total. The fourth-order valence-electron chi connectivity index (χ4n) is 0.877. The standard InChI is InChI=1S/C8H6BF3NO.K/c10-9(11,12)3-1-7-5-13-4-2-8(7)6-14;/h1-6H;/q-1;+1/b3-1+;. The molecule has 15 heavy (non-hydrogen) atoms. The molecule has 0 bridgehead atoms. The molecule has 1 aromatic rings. The van der Waals surface area contributed by atoms with Crippen LogP contribution in [0.25, 0.3) is 6.08 Å². The molecule has 74 valence electrons. The Balaban J connectivity index is 0.00000196. The van der Waals surface area contributed by atoms with Crippen LogP contribution in [0, 0.1) is 0 Å². The summed E-state index contributed by atoms with van der Waals surface area (Å²) in [5.74, 6) is 0.129. The van der Waals surface area contributed by atoms with Crippen LogP contribution in [0.15, 0.2) is 24.4 Å². The van der Waals surface area contributed by atoms with Crippen LogP contribution in [0.2, 0.25) is 0 Å². The Kier molecular flexibility index (Phi) is 6.62. The average Bonchev–Trinajstić information content (AvgIpc) is 2.14. The van der Waals surface area contributed by atoms with Gasteiger partial charge in [0.2, 0.25) is 0 Å². The fourth-order valence-corrected chi connectivity index (χ4v) is 0.877. The molecular weight excluding hydrogens is 233 g/mol. The number of nitrogens with zero attached hydrogens (tertiary/aromatic N) is 1. The quantitative estimate of drug-likeness (QED) is 0.515. The van der Waals surface area contributed by atoms with Gasteiger partial charge in [-0.05, 0) is 11.6 Å². The molecule has 0 saturated heterocycles. The maximum atomic E-state index is 11.8. The maximum absolute atomic E-state index is 11.8. The number of halogens is 3. The van der Waals surface area contributed by atoms with Crippen LogP contribution < -0.4 is 51.4 Å². The summed E-state index contributed by atoms with van der Waals surface area (Å²) < 4.78 is 35.5. The van der Waals surface area contributed by atoms with E-state index in [-0.39, 0.29) is 68.5 Å². The SMILES string of the molecule is O=Cc1ccncc1/C=C/[B-](F)(F)F.[K+]. The molecule has 0 unspecified atom stereocenters. The first-order valence-corrected chi connectivity index (χ1v) is 3.81. The normalized spacial score (nSPS) is 11.1. The van der Waals surface area contributed by atoms with E-state index in [1.54, 1.807) is 0 Å². The summed E-state index contributed by atoms with van der Waals surface area (Å²) in [6.45, 7) is -4.97. The van der Waals surface area contributed by atoms with Crippen molar-refractivity contribution in [2.45, 2.75) is 0 Å². The van der Waals surface area contributed by atoms with Crippen LogP contribution in [-0.4, -0.2) is 18.2 Å². The van der Waals surface area contributed by atoms with Gasteiger partial charge in [-0.3, -0.25) is 9.78 Å². The second-order valence-corrected chi connectivity index (χ2v) is 2.61. The minimum absolute atomic E-state index is 0. The summed E-state index contributed by atoms with van der Waals surface area (Å²) in [7, 11) is 0. The Morgan fingerprint density at radius 2 is 1.93 bits per heavy atom. The van der Waals surface area contributed by atoms with E-state index in [2.05, 4.69) is 4.98 Å². The van der Waals surface area contributed by atoms with Crippen molar-refractivity contribution < 1.29 is 69.1 Å². The van der Waals surface area contributed by atoms with E-state index >= 15 is 0 Å². The Hall–Kier alpha value is 0.0513. The molecule has 1 aromatic heterocycles. The molecule has 0 aliphatic heterocycles. The van der Waals surface area contributed by atoms with Gasteiger partial charge in [-0.25, -0.2) is 0 Å². The van der Waals surface area contributed by atoms with Crippen LogP contribution in [0.3, 0.4) is 0 Å². The van der Waals surface area contributed by atoms with E-state index in [4.69, 9.17) is 0 Å². The molecule has 2 nitrogen and oxygen atoms in total. The van der Waals surface area contributed by atoms with E-state index < -0.39 is 6.98 Å². The zero-order valence-corrected chi connectivity index (χ0v) is 11.2. The predicted molar refractivity (Wildman–Crippen MR) is 47.7 cm³/mol. The third-order valence-electron chi connectivity index (χ3n) is 1.51. The van der Waals surface area contributed by atoms with E-state index in [1.165, 1.54) is 18.5 Å². The average molecular weight is 239 g/mol. The molecule has 0 aromatic carbocycles. The van der Waals surface area contributed by atoms with Gasteiger partial charge in [0, 0.05) is 18.0 Å². The largest absolute Gasteiger partial charge is 1.00 e. The van der Waals surface area contributed by atoms with Gasteiger partial charge in [0.15, 0.2) is 6.29 Å². The van der Waals surface area contributed by atoms with Crippen molar-refractivity contribution in [2.24, 2.45) is 0 Å². The van der Waals surface area contributed by atoms with E-state index in [1.807, 2.05) is 0 Å². The third kappa shape index (κ3) is 5.62. The minimum atomic E-state index is -4.97. The first-order valence-electron chi connectivity index (χ1n) is 3.81. The number of carbonyl (C=O) groups is 1. The Morgan fingerprint density at radius 1 is 1.27 bits per heavy atom. The van der Waals surface area contributed by atoms with Gasteiger partial charge in [0.1, 0.15) is 0 Å². The van der Waals surface area contributed by atoms with Crippen molar-refractivity contribution in [3.63, 3.8) is 0 Å². The molecule has 0 saturated carbocycles. The number of rotatable bonds is 3. The van der Waals surface area contributed by atoms with Crippen LogP contribution in [0.5, 0.6) is 0 Å². The summed E-state index contributed by atoms with van der Waals surface area (Å²) in [5, 5.41) is 0. The number of hydrogen-bond donors (Lipinski definition) is 0. The van der Waals surface area contributed by atoms with Crippen LogP contribution >= 0.6 is 0 Å². The minimum Gasteiger partial charge on any atom is -0.445 e. The Bertz CT molecular complexity index is 367. The Morgan fingerprint density at radius 3 is 2.47 bits per heavy atom. The summed E-state index contributed by atoms with van der Waals surface area (Å²) in [5.41, 5.74) is 0.359. The molecule has 7 heteroatoms. The number of aldehydes is 1. The monoisotopic (exact) mass is 239 g/mol. The first kappa shape index (κ1) is 15.1. The summed E-state index contributed by atoms with van der Waals surface area (Å²) >= 11 is 0. The number of carbonyl (C=O) groups excluding carboxylic acids is 1. The topological polar surface area (TPSA) is 30.0 Å². The van der Waals surface area contributed by atoms with Crippen LogP contribution in [0.4, 0.5) is 12.9 Å². The van der Waals surface area contributed by atoms with Gasteiger partial charge in [-0.2, -0.15) is 0 Å².